The molecule has 0 bridgehead atoms. The molecule has 0 aliphatic carbocycles. The predicted octanol–water partition coefficient (Wildman–Crippen LogP) is 4.22. The van der Waals surface area contributed by atoms with Gasteiger partial charge in [0.05, 0.1) is 14.2 Å². The number of carbonyl (C=O) groups excluding carboxylic acids is 2. The van der Waals surface area contributed by atoms with Gasteiger partial charge >= 0.3 is 6.03 Å². The number of carbonyl (C=O) groups is 2. The number of hydrogen-bond donors (Lipinski definition) is 2. The van der Waals surface area contributed by atoms with E-state index in [0.717, 1.165) is 5.56 Å². The van der Waals surface area contributed by atoms with Crippen molar-refractivity contribution in [1.29, 1.82) is 0 Å². The summed E-state index contributed by atoms with van der Waals surface area (Å²) in [4.78, 5) is 26.8. The minimum absolute atomic E-state index is 0.155. The third-order valence-electron chi connectivity index (χ3n) is 5.64. The second kappa shape index (κ2) is 10.1. The molecule has 4 rings (SSSR count). The zero-order valence-electron chi connectivity index (χ0n) is 18.8. The highest BCUT2D eigenvalue weighted by Crippen LogP contribution is 2.24. The number of methoxy groups -OCH3 is 2. The van der Waals surface area contributed by atoms with Crippen molar-refractivity contribution in [3.8, 4) is 11.5 Å². The smallest absolute Gasteiger partial charge is 0.322 e. The lowest BCUT2D eigenvalue weighted by molar-refractivity contribution is 0.0954. The molecule has 0 atom stereocenters. The summed E-state index contributed by atoms with van der Waals surface area (Å²) >= 11 is 0. The number of fused-ring (bicyclic) bond motifs is 1. The fourth-order valence-electron chi connectivity index (χ4n) is 3.82. The van der Waals surface area contributed by atoms with Gasteiger partial charge in [-0.15, -0.1) is 0 Å². The van der Waals surface area contributed by atoms with Crippen LogP contribution in [0, 0.1) is 0 Å². The minimum Gasteiger partial charge on any atom is -0.497 e. The number of hydrogen-bond acceptors (Lipinski definition) is 4. The molecule has 0 spiro atoms. The van der Waals surface area contributed by atoms with Gasteiger partial charge in [-0.1, -0.05) is 24.3 Å². The molecule has 3 amide bonds. The quantitative estimate of drug-likeness (QED) is 0.571. The first-order valence-electron chi connectivity index (χ1n) is 10.8. The van der Waals surface area contributed by atoms with Gasteiger partial charge in [-0.3, -0.25) is 4.79 Å². The Bertz CT molecular complexity index is 1100. The zero-order chi connectivity index (χ0) is 23.2. The monoisotopic (exact) mass is 445 g/mol. The second-order valence-corrected chi connectivity index (χ2v) is 7.86. The van der Waals surface area contributed by atoms with Crippen LogP contribution in [-0.4, -0.2) is 37.6 Å². The first kappa shape index (κ1) is 22.2. The summed E-state index contributed by atoms with van der Waals surface area (Å²) in [5.74, 6) is 1.26. The maximum Gasteiger partial charge on any atom is 0.322 e. The van der Waals surface area contributed by atoms with Gasteiger partial charge in [0, 0.05) is 37.0 Å². The van der Waals surface area contributed by atoms with Crippen LogP contribution in [0.15, 0.2) is 66.7 Å². The summed E-state index contributed by atoms with van der Waals surface area (Å²) in [5.41, 5.74) is 4.54. The summed E-state index contributed by atoms with van der Waals surface area (Å²) in [7, 11) is 3.22. The lowest BCUT2D eigenvalue weighted by Gasteiger charge is -2.16. The molecule has 1 aliphatic rings. The molecular formula is C26H27N3O4. The zero-order valence-corrected chi connectivity index (χ0v) is 18.8. The summed E-state index contributed by atoms with van der Waals surface area (Å²) in [6.07, 6.45) is 0.645. The molecule has 3 aromatic rings. The second-order valence-electron chi connectivity index (χ2n) is 7.86. The first-order valence-corrected chi connectivity index (χ1v) is 10.8. The summed E-state index contributed by atoms with van der Waals surface area (Å²) < 4.78 is 10.6. The van der Waals surface area contributed by atoms with E-state index in [9.17, 15) is 9.59 Å². The number of nitrogens with zero attached hydrogens (tertiary/aromatic N) is 1. The Morgan fingerprint density at radius 2 is 1.48 bits per heavy atom. The van der Waals surface area contributed by atoms with Crippen molar-refractivity contribution in [2.75, 3.05) is 26.1 Å². The predicted molar refractivity (Wildman–Crippen MR) is 127 cm³/mol. The van der Waals surface area contributed by atoms with Crippen LogP contribution in [0.2, 0.25) is 0 Å². The van der Waals surface area contributed by atoms with E-state index >= 15 is 0 Å². The topological polar surface area (TPSA) is 79.9 Å². The largest absolute Gasteiger partial charge is 0.497 e. The van der Waals surface area contributed by atoms with Crippen molar-refractivity contribution < 1.29 is 19.1 Å². The van der Waals surface area contributed by atoms with Gasteiger partial charge in [-0.2, -0.15) is 0 Å². The van der Waals surface area contributed by atoms with E-state index in [2.05, 4.69) is 10.6 Å². The number of benzene rings is 3. The highest BCUT2D eigenvalue weighted by atomic mass is 16.5. The summed E-state index contributed by atoms with van der Waals surface area (Å²) in [6, 6.07) is 20.4. The van der Waals surface area contributed by atoms with Crippen LogP contribution < -0.4 is 20.1 Å². The van der Waals surface area contributed by atoms with Crippen LogP contribution in [0.1, 0.15) is 27.0 Å². The molecule has 1 aliphatic heterocycles. The molecule has 0 unspecified atom stereocenters. The van der Waals surface area contributed by atoms with Crippen molar-refractivity contribution >= 4 is 17.6 Å². The average molecular weight is 446 g/mol. The standard InChI is InChI=1S/C26H27N3O4/c1-32-23-13-18(14-24(15-23)33-2)11-12-27-25(30)19-7-9-22(10-8-19)28-26(31)29-16-20-5-3-4-6-21(20)17-29/h3-10,13-15H,11-12,16-17H2,1-2H3,(H,27,30)(H,28,31). The van der Waals surface area contributed by atoms with Gasteiger partial charge in [0.25, 0.3) is 5.91 Å². The molecule has 0 aromatic heterocycles. The van der Waals surface area contributed by atoms with E-state index in [0.29, 0.717) is 48.8 Å². The van der Waals surface area contributed by atoms with Crippen molar-refractivity contribution in [1.82, 2.24) is 10.2 Å². The highest BCUT2D eigenvalue weighted by Gasteiger charge is 2.22. The number of nitrogens with one attached hydrogen (secondary N) is 2. The normalized spacial score (nSPS) is 12.1. The van der Waals surface area contributed by atoms with Gasteiger partial charge < -0.3 is 25.0 Å². The van der Waals surface area contributed by atoms with E-state index in [-0.39, 0.29) is 11.9 Å². The SMILES string of the molecule is COc1cc(CCNC(=O)c2ccc(NC(=O)N3Cc4ccccc4C3)cc2)cc(OC)c1. The lowest BCUT2D eigenvalue weighted by Crippen LogP contribution is -2.30. The van der Waals surface area contributed by atoms with Crippen LogP contribution in [0.25, 0.3) is 0 Å². The van der Waals surface area contributed by atoms with Crippen molar-refractivity contribution in [3.05, 3.63) is 89.0 Å². The molecule has 1 heterocycles. The highest BCUT2D eigenvalue weighted by molar-refractivity contribution is 5.95. The van der Waals surface area contributed by atoms with E-state index < -0.39 is 0 Å². The summed E-state index contributed by atoms with van der Waals surface area (Å²) in [5, 5.41) is 5.82. The Kier molecular flexibility index (Phi) is 6.78. The number of rotatable bonds is 7. The fourth-order valence-corrected chi connectivity index (χ4v) is 3.82. The van der Waals surface area contributed by atoms with Gasteiger partial charge in [0.1, 0.15) is 11.5 Å². The molecule has 170 valence electrons. The molecule has 0 fully saturated rings. The van der Waals surface area contributed by atoms with Gasteiger partial charge in [-0.25, -0.2) is 4.79 Å². The van der Waals surface area contributed by atoms with Crippen LogP contribution in [0.4, 0.5) is 10.5 Å². The van der Waals surface area contributed by atoms with E-state index in [1.165, 1.54) is 11.1 Å². The van der Waals surface area contributed by atoms with Crippen LogP contribution in [-0.2, 0) is 19.5 Å². The maximum atomic E-state index is 12.6. The van der Waals surface area contributed by atoms with Crippen molar-refractivity contribution in [2.24, 2.45) is 0 Å². The Morgan fingerprint density at radius 1 is 0.879 bits per heavy atom. The molecule has 7 nitrogen and oxygen atoms in total. The first-order chi connectivity index (χ1) is 16.1. The van der Waals surface area contributed by atoms with Crippen molar-refractivity contribution in [3.63, 3.8) is 0 Å². The molecular weight excluding hydrogens is 418 g/mol. The molecule has 0 radical (unpaired) electrons. The Morgan fingerprint density at radius 3 is 2.06 bits per heavy atom. The Balaban J connectivity index is 1.27. The van der Waals surface area contributed by atoms with E-state index in [4.69, 9.17) is 9.47 Å². The van der Waals surface area contributed by atoms with E-state index in [1.54, 1.807) is 43.4 Å². The van der Waals surface area contributed by atoms with Gasteiger partial charge in [0.2, 0.25) is 0 Å². The molecule has 0 saturated heterocycles. The molecule has 7 heteroatoms. The van der Waals surface area contributed by atoms with Gasteiger partial charge in [0.15, 0.2) is 0 Å². The summed E-state index contributed by atoms with van der Waals surface area (Å²) in [6.45, 7) is 1.67. The third kappa shape index (κ3) is 5.44. The lowest BCUT2D eigenvalue weighted by atomic mass is 10.1. The Hall–Kier alpha value is -4.00. The minimum atomic E-state index is -0.169. The number of amides is 3. The number of urea groups is 1. The van der Waals surface area contributed by atoms with Crippen LogP contribution >= 0.6 is 0 Å². The van der Waals surface area contributed by atoms with E-state index in [1.807, 2.05) is 42.5 Å². The molecule has 0 saturated carbocycles. The number of anilines is 1. The van der Waals surface area contributed by atoms with Crippen molar-refractivity contribution in [2.45, 2.75) is 19.5 Å². The van der Waals surface area contributed by atoms with Crippen LogP contribution in [0.5, 0.6) is 11.5 Å². The number of ether oxygens (including phenoxy) is 2. The Labute approximate surface area is 193 Å². The average Bonchev–Trinajstić information content (AvgIpc) is 3.29. The molecule has 2 N–H and O–H groups in total. The molecule has 3 aromatic carbocycles. The van der Waals surface area contributed by atoms with Crippen LogP contribution in [0.3, 0.4) is 0 Å². The van der Waals surface area contributed by atoms with Gasteiger partial charge in [-0.05, 0) is 59.5 Å². The maximum absolute atomic E-state index is 12.6. The fraction of sp³-hybridized carbons (Fsp3) is 0.231. The third-order valence-corrected chi connectivity index (χ3v) is 5.64. The molecule has 33 heavy (non-hydrogen) atoms.